The monoisotopic (exact) mass is 292 g/mol. The molecule has 0 bridgehead atoms. The van der Waals surface area contributed by atoms with Gasteiger partial charge in [0.25, 0.3) is 0 Å². The molecule has 0 fully saturated rings. The van der Waals surface area contributed by atoms with E-state index in [1.165, 1.54) is 25.3 Å². The lowest BCUT2D eigenvalue weighted by Gasteiger charge is -2.12. The molecule has 2 aromatic carbocycles. The zero-order valence-electron chi connectivity index (χ0n) is 11.5. The van der Waals surface area contributed by atoms with E-state index in [9.17, 15) is 13.6 Å². The number of anilines is 3. The Morgan fingerprint density at radius 2 is 1.90 bits per heavy atom. The highest BCUT2D eigenvalue weighted by Crippen LogP contribution is 2.26. The van der Waals surface area contributed by atoms with E-state index in [1.54, 1.807) is 13.0 Å². The molecule has 0 aliphatic rings. The minimum Gasteiger partial charge on any atom is -0.465 e. The number of methoxy groups -OCH3 is 1. The number of nitrogens with two attached hydrogens (primary N) is 1. The number of esters is 1. The van der Waals surface area contributed by atoms with Crippen molar-refractivity contribution >= 4 is 23.0 Å². The molecule has 0 heterocycles. The van der Waals surface area contributed by atoms with Crippen LogP contribution in [-0.2, 0) is 4.74 Å². The molecule has 0 saturated heterocycles. The average Bonchev–Trinajstić information content (AvgIpc) is 2.40. The standard InChI is InChI=1S/C15H14F2N2O2/c1-8-3-9(16)5-10(4-8)19-14-6-11(15(20)21-2)13(18)7-12(14)17/h3-7,19H,18H2,1-2H3. The molecule has 3 N–H and O–H groups in total. The summed E-state index contributed by atoms with van der Waals surface area (Å²) in [6.45, 7) is 1.72. The molecule has 0 unspecified atom stereocenters. The van der Waals surface area contributed by atoms with Gasteiger partial charge >= 0.3 is 5.97 Å². The predicted molar refractivity (Wildman–Crippen MR) is 76.6 cm³/mol. The van der Waals surface area contributed by atoms with Crippen LogP contribution in [0.3, 0.4) is 0 Å². The van der Waals surface area contributed by atoms with Crippen molar-refractivity contribution < 1.29 is 18.3 Å². The second kappa shape index (κ2) is 5.78. The average molecular weight is 292 g/mol. The van der Waals surface area contributed by atoms with Crippen LogP contribution in [0.4, 0.5) is 25.8 Å². The van der Waals surface area contributed by atoms with E-state index in [0.717, 1.165) is 6.07 Å². The summed E-state index contributed by atoms with van der Waals surface area (Å²) in [5, 5.41) is 2.72. The van der Waals surface area contributed by atoms with Crippen molar-refractivity contribution in [1.29, 1.82) is 0 Å². The third-order valence-electron chi connectivity index (χ3n) is 2.87. The zero-order valence-corrected chi connectivity index (χ0v) is 11.5. The van der Waals surface area contributed by atoms with Crippen molar-refractivity contribution in [3.05, 3.63) is 53.1 Å². The van der Waals surface area contributed by atoms with Crippen LogP contribution in [0.25, 0.3) is 0 Å². The van der Waals surface area contributed by atoms with Crippen LogP contribution < -0.4 is 11.1 Å². The summed E-state index contributed by atoms with van der Waals surface area (Å²) in [7, 11) is 1.20. The zero-order chi connectivity index (χ0) is 15.6. The van der Waals surface area contributed by atoms with E-state index in [1.807, 2.05) is 0 Å². The first kappa shape index (κ1) is 14.8. The fourth-order valence-corrected chi connectivity index (χ4v) is 1.94. The van der Waals surface area contributed by atoms with Crippen molar-refractivity contribution in [3.63, 3.8) is 0 Å². The third-order valence-corrected chi connectivity index (χ3v) is 2.87. The lowest BCUT2D eigenvalue weighted by atomic mass is 10.1. The first-order valence-corrected chi connectivity index (χ1v) is 6.12. The number of ether oxygens (including phenoxy) is 1. The summed E-state index contributed by atoms with van der Waals surface area (Å²) < 4.78 is 31.8. The molecule has 2 rings (SSSR count). The smallest absolute Gasteiger partial charge is 0.340 e. The van der Waals surface area contributed by atoms with Gasteiger partial charge in [-0.2, -0.15) is 0 Å². The molecule has 2 aromatic rings. The van der Waals surface area contributed by atoms with Gasteiger partial charge in [-0.3, -0.25) is 0 Å². The summed E-state index contributed by atoms with van der Waals surface area (Å²) in [5.74, 6) is -1.77. The molecule has 0 saturated carbocycles. The van der Waals surface area contributed by atoms with Gasteiger partial charge in [-0.1, -0.05) is 0 Å². The highest BCUT2D eigenvalue weighted by Gasteiger charge is 2.15. The van der Waals surface area contributed by atoms with Crippen molar-refractivity contribution in [3.8, 4) is 0 Å². The van der Waals surface area contributed by atoms with Gasteiger partial charge < -0.3 is 15.8 Å². The largest absolute Gasteiger partial charge is 0.465 e. The Morgan fingerprint density at radius 1 is 1.19 bits per heavy atom. The summed E-state index contributed by atoms with van der Waals surface area (Å²) in [4.78, 5) is 11.5. The summed E-state index contributed by atoms with van der Waals surface area (Å²) in [6.07, 6.45) is 0. The van der Waals surface area contributed by atoms with Gasteiger partial charge in [-0.15, -0.1) is 0 Å². The van der Waals surface area contributed by atoms with Crippen LogP contribution in [-0.4, -0.2) is 13.1 Å². The quantitative estimate of drug-likeness (QED) is 0.672. The first-order valence-electron chi connectivity index (χ1n) is 6.12. The van der Waals surface area contributed by atoms with Crippen LogP contribution in [0.2, 0.25) is 0 Å². The number of rotatable bonds is 3. The number of benzene rings is 2. The molecule has 0 aliphatic heterocycles. The highest BCUT2D eigenvalue weighted by atomic mass is 19.1. The predicted octanol–water partition coefficient (Wildman–Crippen LogP) is 3.39. The lowest BCUT2D eigenvalue weighted by molar-refractivity contribution is 0.0602. The lowest BCUT2D eigenvalue weighted by Crippen LogP contribution is -2.07. The number of halogens is 2. The third kappa shape index (κ3) is 3.28. The Labute approximate surface area is 120 Å². The number of aryl methyl sites for hydroxylation is 1. The fourth-order valence-electron chi connectivity index (χ4n) is 1.94. The number of carbonyl (C=O) groups is 1. The van der Waals surface area contributed by atoms with Gasteiger partial charge in [-0.25, -0.2) is 13.6 Å². The SMILES string of the molecule is COC(=O)c1cc(Nc2cc(C)cc(F)c2)c(F)cc1N. The maximum atomic E-state index is 13.9. The molecule has 0 amide bonds. The first-order chi connectivity index (χ1) is 9.90. The highest BCUT2D eigenvalue weighted by molar-refractivity contribution is 5.96. The second-order valence-electron chi connectivity index (χ2n) is 4.55. The van der Waals surface area contributed by atoms with E-state index in [-0.39, 0.29) is 16.9 Å². The molecule has 0 atom stereocenters. The van der Waals surface area contributed by atoms with E-state index in [4.69, 9.17) is 5.73 Å². The molecule has 0 radical (unpaired) electrons. The van der Waals surface area contributed by atoms with Gasteiger partial charge in [0.2, 0.25) is 0 Å². The topological polar surface area (TPSA) is 64.3 Å². The number of hydrogen-bond donors (Lipinski definition) is 2. The minimum atomic E-state index is -0.675. The van der Waals surface area contributed by atoms with E-state index in [0.29, 0.717) is 11.3 Å². The van der Waals surface area contributed by atoms with Crippen LogP contribution >= 0.6 is 0 Å². The Bertz CT molecular complexity index is 682. The number of carbonyl (C=O) groups excluding carboxylic acids is 1. The number of hydrogen-bond acceptors (Lipinski definition) is 4. The van der Waals surface area contributed by atoms with Gasteiger partial charge in [0.1, 0.15) is 11.6 Å². The maximum absolute atomic E-state index is 13.9. The number of nitrogens with one attached hydrogen (secondary N) is 1. The molecule has 0 aliphatic carbocycles. The van der Waals surface area contributed by atoms with Crippen LogP contribution in [0.15, 0.2) is 30.3 Å². The van der Waals surface area contributed by atoms with Gasteiger partial charge in [0.05, 0.1) is 18.4 Å². The van der Waals surface area contributed by atoms with Gasteiger partial charge in [-0.05, 0) is 42.8 Å². The van der Waals surface area contributed by atoms with E-state index < -0.39 is 17.6 Å². The molecular weight excluding hydrogens is 278 g/mol. The minimum absolute atomic E-state index is 0.00889. The summed E-state index contributed by atoms with van der Waals surface area (Å²) in [5.41, 5.74) is 6.65. The molecule has 0 spiro atoms. The second-order valence-corrected chi connectivity index (χ2v) is 4.55. The Morgan fingerprint density at radius 3 is 2.52 bits per heavy atom. The van der Waals surface area contributed by atoms with E-state index in [2.05, 4.69) is 10.1 Å². The van der Waals surface area contributed by atoms with Crippen molar-refractivity contribution in [2.75, 3.05) is 18.2 Å². The molecule has 21 heavy (non-hydrogen) atoms. The maximum Gasteiger partial charge on any atom is 0.340 e. The molecule has 0 aromatic heterocycles. The van der Waals surface area contributed by atoms with Crippen molar-refractivity contribution in [2.24, 2.45) is 0 Å². The Kier molecular flexibility index (Phi) is 4.07. The van der Waals surface area contributed by atoms with Crippen LogP contribution in [0.1, 0.15) is 15.9 Å². The molecule has 6 heteroatoms. The van der Waals surface area contributed by atoms with Crippen LogP contribution in [0.5, 0.6) is 0 Å². The molecular formula is C15H14F2N2O2. The van der Waals surface area contributed by atoms with Gasteiger partial charge in [0, 0.05) is 11.4 Å². The van der Waals surface area contributed by atoms with Crippen molar-refractivity contribution in [1.82, 2.24) is 0 Å². The summed E-state index contributed by atoms with van der Waals surface area (Å²) in [6, 6.07) is 6.47. The molecule has 4 nitrogen and oxygen atoms in total. The normalized spacial score (nSPS) is 10.3. The van der Waals surface area contributed by atoms with Crippen LogP contribution in [0, 0.1) is 18.6 Å². The molecule has 110 valence electrons. The van der Waals surface area contributed by atoms with E-state index >= 15 is 0 Å². The fraction of sp³-hybridized carbons (Fsp3) is 0.133. The van der Waals surface area contributed by atoms with Crippen molar-refractivity contribution in [2.45, 2.75) is 6.92 Å². The Balaban J connectivity index is 2.41. The summed E-state index contributed by atoms with van der Waals surface area (Å²) >= 11 is 0. The number of nitrogen functional groups attached to an aromatic ring is 1. The Hall–Kier alpha value is -2.63. The van der Waals surface area contributed by atoms with Gasteiger partial charge in [0.15, 0.2) is 0 Å².